The molecule has 1 saturated heterocycles. The topological polar surface area (TPSA) is 47.9 Å². The number of hydrogen-bond acceptors (Lipinski definition) is 3. The molecule has 3 nitrogen and oxygen atoms in total. The van der Waals surface area contributed by atoms with Crippen LogP contribution in [0.3, 0.4) is 0 Å². The van der Waals surface area contributed by atoms with Crippen molar-refractivity contribution in [2.45, 2.75) is 25.8 Å². The van der Waals surface area contributed by atoms with Gasteiger partial charge in [-0.05, 0) is 57.0 Å². The van der Waals surface area contributed by atoms with E-state index in [1.807, 2.05) is 6.07 Å². The fourth-order valence-corrected chi connectivity index (χ4v) is 2.37. The van der Waals surface area contributed by atoms with E-state index < -0.39 is 0 Å². The lowest BCUT2D eigenvalue weighted by atomic mass is 9.92. The second-order valence-corrected chi connectivity index (χ2v) is 4.85. The molecule has 0 spiro atoms. The highest BCUT2D eigenvalue weighted by Crippen LogP contribution is 2.21. The van der Waals surface area contributed by atoms with Crippen molar-refractivity contribution in [3.8, 4) is 6.07 Å². The molecule has 2 atom stereocenters. The van der Waals surface area contributed by atoms with Gasteiger partial charge in [-0.1, -0.05) is 0 Å². The number of benzene rings is 1. The standard InChI is InChI=1S/C14H18FN3/c1-10(12-3-2-6-17-9-12)18-14-5-4-11(8-16)7-13(14)15/h4-5,7,10,12,17-18H,2-3,6,9H2,1H3. The molecule has 0 amide bonds. The number of halogens is 1. The SMILES string of the molecule is CC(Nc1ccc(C#N)cc1F)C1CCCNC1. The van der Waals surface area contributed by atoms with Crippen molar-refractivity contribution in [1.82, 2.24) is 5.32 Å². The summed E-state index contributed by atoms with van der Waals surface area (Å²) in [7, 11) is 0. The molecule has 0 bridgehead atoms. The first kappa shape index (κ1) is 12.8. The Bertz CT molecular complexity index is 447. The first-order valence-electron chi connectivity index (χ1n) is 6.37. The van der Waals surface area contributed by atoms with Crippen LogP contribution in [-0.4, -0.2) is 19.1 Å². The number of piperidine rings is 1. The van der Waals surface area contributed by atoms with Gasteiger partial charge in [-0.25, -0.2) is 4.39 Å². The molecule has 96 valence electrons. The maximum atomic E-state index is 13.7. The zero-order valence-corrected chi connectivity index (χ0v) is 10.5. The second-order valence-electron chi connectivity index (χ2n) is 4.85. The zero-order valence-electron chi connectivity index (χ0n) is 10.5. The molecule has 1 heterocycles. The van der Waals surface area contributed by atoms with Crippen molar-refractivity contribution in [2.75, 3.05) is 18.4 Å². The van der Waals surface area contributed by atoms with E-state index in [-0.39, 0.29) is 11.9 Å². The molecule has 1 aromatic carbocycles. The van der Waals surface area contributed by atoms with Crippen LogP contribution < -0.4 is 10.6 Å². The van der Waals surface area contributed by atoms with Crippen LogP contribution in [0.25, 0.3) is 0 Å². The highest BCUT2D eigenvalue weighted by atomic mass is 19.1. The minimum absolute atomic E-state index is 0.222. The van der Waals surface area contributed by atoms with Crippen LogP contribution in [0, 0.1) is 23.1 Å². The number of nitrogens with one attached hydrogen (secondary N) is 2. The molecule has 18 heavy (non-hydrogen) atoms. The lowest BCUT2D eigenvalue weighted by Gasteiger charge is -2.29. The first-order valence-corrected chi connectivity index (χ1v) is 6.37. The van der Waals surface area contributed by atoms with Gasteiger partial charge in [0.15, 0.2) is 0 Å². The van der Waals surface area contributed by atoms with Crippen molar-refractivity contribution in [1.29, 1.82) is 5.26 Å². The van der Waals surface area contributed by atoms with Gasteiger partial charge >= 0.3 is 0 Å². The van der Waals surface area contributed by atoms with Crippen LogP contribution in [0.15, 0.2) is 18.2 Å². The molecule has 0 saturated carbocycles. The van der Waals surface area contributed by atoms with Crippen LogP contribution in [0.4, 0.5) is 10.1 Å². The number of anilines is 1. The summed E-state index contributed by atoms with van der Waals surface area (Å²) in [6.07, 6.45) is 2.34. The summed E-state index contributed by atoms with van der Waals surface area (Å²) in [6.45, 7) is 4.13. The summed E-state index contributed by atoms with van der Waals surface area (Å²) >= 11 is 0. The van der Waals surface area contributed by atoms with Crippen molar-refractivity contribution in [3.05, 3.63) is 29.6 Å². The second kappa shape index (κ2) is 5.83. The lowest BCUT2D eigenvalue weighted by Crippen LogP contribution is -2.38. The zero-order chi connectivity index (χ0) is 13.0. The van der Waals surface area contributed by atoms with Gasteiger partial charge in [-0.15, -0.1) is 0 Å². The lowest BCUT2D eigenvalue weighted by molar-refractivity contribution is 0.346. The largest absolute Gasteiger partial charge is 0.380 e. The summed E-state index contributed by atoms with van der Waals surface area (Å²) in [5, 5.41) is 15.3. The molecular weight excluding hydrogens is 229 g/mol. The van der Waals surface area contributed by atoms with Gasteiger partial charge in [0.1, 0.15) is 5.82 Å². The third kappa shape index (κ3) is 2.99. The molecular formula is C14H18FN3. The number of hydrogen-bond donors (Lipinski definition) is 2. The Balaban J connectivity index is 2.02. The maximum absolute atomic E-state index is 13.7. The smallest absolute Gasteiger partial charge is 0.147 e. The molecule has 1 aliphatic rings. The Labute approximate surface area is 107 Å². The number of nitrogens with zero attached hydrogens (tertiary/aromatic N) is 1. The van der Waals surface area contributed by atoms with E-state index in [0.29, 0.717) is 17.2 Å². The van der Waals surface area contributed by atoms with Crippen LogP contribution >= 0.6 is 0 Å². The quantitative estimate of drug-likeness (QED) is 0.862. The predicted molar refractivity (Wildman–Crippen MR) is 69.8 cm³/mol. The fraction of sp³-hybridized carbons (Fsp3) is 0.500. The maximum Gasteiger partial charge on any atom is 0.147 e. The van der Waals surface area contributed by atoms with Gasteiger partial charge in [-0.2, -0.15) is 5.26 Å². The van der Waals surface area contributed by atoms with Gasteiger partial charge in [0.25, 0.3) is 0 Å². The van der Waals surface area contributed by atoms with Gasteiger partial charge in [-0.3, -0.25) is 0 Å². The van der Waals surface area contributed by atoms with E-state index in [4.69, 9.17) is 5.26 Å². The minimum Gasteiger partial charge on any atom is -0.380 e. The van der Waals surface area contributed by atoms with Crippen molar-refractivity contribution >= 4 is 5.69 Å². The third-order valence-electron chi connectivity index (χ3n) is 3.52. The molecule has 1 fully saturated rings. The Morgan fingerprint density at radius 3 is 3.00 bits per heavy atom. The van der Waals surface area contributed by atoms with E-state index in [9.17, 15) is 4.39 Å². The molecule has 1 aliphatic heterocycles. The molecule has 2 unspecified atom stereocenters. The Hall–Kier alpha value is -1.60. The van der Waals surface area contributed by atoms with Crippen LogP contribution in [0.2, 0.25) is 0 Å². The first-order chi connectivity index (χ1) is 8.70. The molecule has 1 aromatic rings. The van der Waals surface area contributed by atoms with Gasteiger partial charge < -0.3 is 10.6 Å². The molecule has 4 heteroatoms. The monoisotopic (exact) mass is 247 g/mol. The van der Waals surface area contributed by atoms with Gasteiger partial charge in [0.2, 0.25) is 0 Å². The average Bonchev–Trinajstić information content (AvgIpc) is 2.42. The van der Waals surface area contributed by atoms with Crippen molar-refractivity contribution < 1.29 is 4.39 Å². The van der Waals surface area contributed by atoms with Gasteiger partial charge in [0.05, 0.1) is 17.3 Å². The average molecular weight is 247 g/mol. The molecule has 0 radical (unpaired) electrons. The van der Waals surface area contributed by atoms with Gasteiger partial charge in [0, 0.05) is 6.04 Å². The van der Waals surface area contributed by atoms with E-state index in [1.165, 1.54) is 18.9 Å². The molecule has 0 aliphatic carbocycles. The summed E-state index contributed by atoms with van der Waals surface area (Å²) in [5.41, 5.74) is 0.831. The third-order valence-corrected chi connectivity index (χ3v) is 3.52. The summed E-state index contributed by atoms with van der Waals surface area (Å²) in [6, 6.07) is 6.70. The molecule has 2 rings (SSSR count). The van der Waals surface area contributed by atoms with E-state index in [2.05, 4.69) is 17.6 Å². The number of nitriles is 1. The van der Waals surface area contributed by atoms with Crippen molar-refractivity contribution in [2.24, 2.45) is 5.92 Å². The van der Waals surface area contributed by atoms with E-state index >= 15 is 0 Å². The Kier molecular flexibility index (Phi) is 4.16. The fourth-order valence-electron chi connectivity index (χ4n) is 2.37. The summed E-state index contributed by atoms with van der Waals surface area (Å²) in [5.74, 6) is 0.165. The van der Waals surface area contributed by atoms with Crippen LogP contribution in [-0.2, 0) is 0 Å². The summed E-state index contributed by atoms with van der Waals surface area (Å²) < 4.78 is 13.7. The van der Waals surface area contributed by atoms with Crippen LogP contribution in [0.1, 0.15) is 25.3 Å². The Morgan fingerprint density at radius 1 is 1.56 bits per heavy atom. The Morgan fingerprint density at radius 2 is 2.39 bits per heavy atom. The van der Waals surface area contributed by atoms with E-state index in [0.717, 1.165) is 13.1 Å². The normalized spacial score (nSPS) is 21.1. The number of rotatable bonds is 3. The predicted octanol–water partition coefficient (Wildman–Crippen LogP) is 2.50. The highest BCUT2D eigenvalue weighted by molar-refractivity contribution is 5.49. The van der Waals surface area contributed by atoms with E-state index in [1.54, 1.807) is 12.1 Å². The van der Waals surface area contributed by atoms with Crippen molar-refractivity contribution in [3.63, 3.8) is 0 Å². The summed E-state index contributed by atoms with van der Waals surface area (Å²) in [4.78, 5) is 0. The van der Waals surface area contributed by atoms with Crippen LogP contribution in [0.5, 0.6) is 0 Å². The molecule has 0 aromatic heterocycles. The highest BCUT2D eigenvalue weighted by Gasteiger charge is 2.20. The molecule has 2 N–H and O–H groups in total. The minimum atomic E-state index is -0.357.